The Kier molecular flexibility index (Phi) is 5.18. The number of carbonyl (C=O) groups excluding carboxylic acids is 1. The zero-order chi connectivity index (χ0) is 18.1. The number of fused-ring (bicyclic) bond motifs is 1. The van der Waals surface area contributed by atoms with Gasteiger partial charge in [0.2, 0.25) is 0 Å². The zero-order valence-electron chi connectivity index (χ0n) is 14.0. The molecule has 0 radical (unpaired) electrons. The SMILES string of the molecule is CCn1c(=NC(=O)c2ccc(Cl)cc2Cl)sc2c(C)ccc(OC)c21. The first-order valence-corrected chi connectivity index (χ1v) is 9.24. The van der Waals surface area contributed by atoms with E-state index < -0.39 is 5.91 Å². The Morgan fingerprint density at radius 2 is 2.04 bits per heavy atom. The van der Waals surface area contributed by atoms with Gasteiger partial charge in [-0.15, -0.1) is 0 Å². The number of methoxy groups -OCH3 is 1. The number of carbonyl (C=O) groups is 1. The van der Waals surface area contributed by atoms with Crippen LogP contribution in [0.15, 0.2) is 35.3 Å². The average Bonchev–Trinajstić information content (AvgIpc) is 2.94. The molecule has 7 heteroatoms. The fraction of sp³-hybridized carbons (Fsp3) is 0.222. The summed E-state index contributed by atoms with van der Waals surface area (Å²) in [5, 5.41) is 0.770. The van der Waals surface area contributed by atoms with Crippen LogP contribution in [0.5, 0.6) is 5.75 Å². The Hall–Kier alpha value is -1.82. The minimum atomic E-state index is -0.396. The van der Waals surface area contributed by atoms with Crippen molar-refractivity contribution in [2.75, 3.05) is 7.11 Å². The molecule has 0 aliphatic heterocycles. The molecule has 1 amide bonds. The highest BCUT2D eigenvalue weighted by Crippen LogP contribution is 2.30. The highest BCUT2D eigenvalue weighted by molar-refractivity contribution is 7.16. The number of amides is 1. The predicted octanol–water partition coefficient (Wildman–Crippen LogP) is 5.09. The quantitative estimate of drug-likeness (QED) is 0.620. The zero-order valence-corrected chi connectivity index (χ0v) is 16.3. The van der Waals surface area contributed by atoms with Gasteiger partial charge in [0.05, 0.1) is 22.4 Å². The highest BCUT2D eigenvalue weighted by Gasteiger charge is 2.15. The molecule has 0 saturated carbocycles. The van der Waals surface area contributed by atoms with Crippen molar-refractivity contribution in [3.63, 3.8) is 0 Å². The van der Waals surface area contributed by atoms with E-state index in [1.807, 2.05) is 30.5 Å². The smallest absolute Gasteiger partial charge is 0.281 e. The summed E-state index contributed by atoms with van der Waals surface area (Å²) < 4.78 is 8.51. The molecule has 3 aromatic rings. The molecule has 0 aliphatic carbocycles. The number of aromatic nitrogens is 1. The van der Waals surface area contributed by atoms with Crippen molar-refractivity contribution in [3.05, 3.63) is 56.3 Å². The van der Waals surface area contributed by atoms with Gasteiger partial charge in [-0.1, -0.05) is 40.6 Å². The van der Waals surface area contributed by atoms with Gasteiger partial charge >= 0.3 is 0 Å². The third-order valence-corrected chi connectivity index (χ3v) is 5.64. The largest absolute Gasteiger partial charge is 0.495 e. The molecule has 3 rings (SSSR count). The maximum Gasteiger partial charge on any atom is 0.281 e. The maximum atomic E-state index is 12.6. The number of rotatable bonds is 3. The summed E-state index contributed by atoms with van der Waals surface area (Å²) in [6.07, 6.45) is 0. The minimum absolute atomic E-state index is 0.291. The summed E-state index contributed by atoms with van der Waals surface area (Å²) in [4.78, 5) is 17.5. The van der Waals surface area contributed by atoms with Gasteiger partial charge in [-0.05, 0) is 43.7 Å². The first-order chi connectivity index (χ1) is 12.0. The summed E-state index contributed by atoms with van der Waals surface area (Å²) in [6, 6.07) is 8.68. The number of ether oxygens (including phenoxy) is 1. The van der Waals surface area contributed by atoms with Crippen LogP contribution in [0.1, 0.15) is 22.8 Å². The van der Waals surface area contributed by atoms with Gasteiger partial charge in [0.15, 0.2) is 4.80 Å². The summed E-state index contributed by atoms with van der Waals surface area (Å²) >= 11 is 13.5. The summed E-state index contributed by atoms with van der Waals surface area (Å²) in [7, 11) is 1.64. The Balaban J connectivity index is 2.22. The number of hydrogen-bond acceptors (Lipinski definition) is 3. The van der Waals surface area contributed by atoms with Crippen LogP contribution in [0.2, 0.25) is 10.0 Å². The van der Waals surface area contributed by atoms with Crippen LogP contribution in [0, 0.1) is 6.92 Å². The van der Waals surface area contributed by atoms with Gasteiger partial charge < -0.3 is 9.30 Å². The number of halogens is 2. The van der Waals surface area contributed by atoms with Crippen LogP contribution in [0.4, 0.5) is 0 Å². The molecule has 0 spiro atoms. The van der Waals surface area contributed by atoms with Crippen molar-refractivity contribution in [2.45, 2.75) is 20.4 Å². The lowest BCUT2D eigenvalue weighted by atomic mass is 10.2. The van der Waals surface area contributed by atoms with Crippen molar-refractivity contribution < 1.29 is 9.53 Å². The molecule has 4 nitrogen and oxygen atoms in total. The van der Waals surface area contributed by atoms with Crippen molar-refractivity contribution in [1.29, 1.82) is 0 Å². The first-order valence-electron chi connectivity index (χ1n) is 7.67. The van der Waals surface area contributed by atoms with Crippen molar-refractivity contribution in [3.8, 4) is 5.75 Å². The van der Waals surface area contributed by atoms with E-state index in [1.165, 1.54) is 17.4 Å². The van der Waals surface area contributed by atoms with Crippen LogP contribution in [0.25, 0.3) is 10.2 Å². The standard InChI is InChI=1S/C18H16Cl2N2O2S/c1-4-22-15-14(24-3)8-5-10(2)16(15)25-18(22)21-17(23)12-7-6-11(19)9-13(12)20/h5-9H,4H2,1-3H3. The summed E-state index contributed by atoms with van der Waals surface area (Å²) in [6.45, 7) is 4.70. The highest BCUT2D eigenvalue weighted by atomic mass is 35.5. The Labute approximate surface area is 159 Å². The fourth-order valence-electron chi connectivity index (χ4n) is 2.63. The number of aryl methyl sites for hydroxylation is 2. The molecule has 2 aromatic carbocycles. The van der Waals surface area contributed by atoms with E-state index in [9.17, 15) is 4.79 Å². The molecule has 1 heterocycles. The summed E-state index contributed by atoms with van der Waals surface area (Å²) in [5.74, 6) is 0.365. The molecule has 130 valence electrons. The van der Waals surface area contributed by atoms with Crippen LogP contribution >= 0.6 is 34.5 Å². The second-order valence-electron chi connectivity index (χ2n) is 5.43. The van der Waals surface area contributed by atoms with Gasteiger partial charge in [0, 0.05) is 11.6 Å². The van der Waals surface area contributed by atoms with E-state index in [4.69, 9.17) is 27.9 Å². The molecule has 0 aliphatic rings. The molecule has 1 aromatic heterocycles. The van der Waals surface area contributed by atoms with Crippen LogP contribution in [-0.2, 0) is 6.54 Å². The summed E-state index contributed by atoms with van der Waals surface area (Å²) in [5.41, 5.74) is 2.39. The molecular weight excluding hydrogens is 379 g/mol. The topological polar surface area (TPSA) is 43.6 Å². The molecule has 0 unspecified atom stereocenters. The van der Waals surface area contributed by atoms with E-state index in [1.54, 1.807) is 19.2 Å². The molecule has 0 bridgehead atoms. The van der Waals surface area contributed by atoms with Crippen LogP contribution < -0.4 is 9.54 Å². The fourth-order valence-corrected chi connectivity index (χ4v) is 4.30. The van der Waals surface area contributed by atoms with Crippen LogP contribution in [0.3, 0.4) is 0 Å². The average molecular weight is 395 g/mol. The predicted molar refractivity (Wildman–Crippen MR) is 103 cm³/mol. The normalized spacial score (nSPS) is 12.0. The molecule has 0 atom stereocenters. The van der Waals surface area contributed by atoms with E-state index in [0.29, 0.717) is 27.0 Å². The molecule has 0 saturated heterocycles. The number of benzene rings is 2. The Morgan fingerprint density at radius 3 is 2.68 bits per heavy atom. The number of nitrogens with zero attached hydrogens (tertiary/aromatic N) is 2. The van der Waals surface area contributed by atoms with Gasteiger partial charge in [-0.3, -0.25) is 4.79 Å². The lowest BCUT2D eigenvalue weighted by Gasteiger charge is -2.07. The van der Waals surface area contributed by atoms with Gasteiger partial charge in [0.25, 0.3) is 5.91 Å². The van der Waals surface area contributed by atoms with Crippen molar-refractivity contribution in [2.24, 2.45) is 4.99 Å². The maximum absolute atomic E-state index is 12.6. The van der Waals surface area contributed by atoms with Gasteiger partial charge in [-0.2, -0.15) is 4.99 Å². The third kappa shape index (κ3) is 3.32. The number of thiazole rings is 1. The monoisotopic (exact) mass is 394 g/mol. The van der Waals surface area contributed by atoms with Crippen LogP contribution in [-0.4, -0.2) is 17.6 Å². The molecule has 0 N–H and O–H groups in total. The molecule has 0 fully saturated rings. The van der Waals surface area contributed by atoms with E-state index in [-0.39, 0.29) is 0 Å². The van der Waals surface area contributed by atoms with E-state index >= 15 is 0 Å². The molecular formula is C18H16Cl2N2O2S. The van der Waals surface area contributed by atoms with Gasteiger partial charge in [-0.25, -0.2) is 0 Å². The molecule has 25 heavy (non-hydrogen) atoms. The second-order valence-corrected chi connectivity index (χ2v) is 7.25. The Morgan fingerprint density at radius 1 is 1.28 bits per heavy atom. The van der Waals surface area contributed by atoms with E-state index in [2.05, 4.69) is 4.99 Å². The lowest BCUT2D eigenvalue weighted by molar-refractivity contribution is 0.0998. The van der Waals surface area contributed by atoms with Crippen molar-refractivity contribution in [1.82, 2.24) is 4.57 Å². The second kappa shape index (κ2) is 7.20. The number of hydrogen-bond donors (Lipinski definition) is 0. The van der Waals surface area contributed by atoms with Crippen molar-refractivity contribution >= 4 is 50.7 Å². The Bertz CT molecular complexity index is 1040. The lowest BCUT2D eigenvalue weighted by Crippen LogP contribution is -2.16. The first kappa shape index (κ1) is 18.0. The minimum Gasteiger partial charge on any atom is -0.495 e. The van der Waals surface area contributed by atoms with E-state index in [0.717, 1.165) is 21.5 Å². The van der Waals surface area contributed by atoms with Gasteiger partial charge in [0.1, 0.15) is 11.3 Å². The third-order valence-electron chi connectivity index (χ3n) is 3.88.